The minimum atomic E-state index is 0.560. The molecule has 0 aliphatic carbocycles. The fraction of sp³-hybridized carbons (Fsp3) is 0.625. The van der Waals surface area contributed by atoms with Gasteiger partial charge in [0.1, 0.15) is 0 Å². The molecule has 1 aromatic rings. The number of hydrogen-bond acceptors (Lipinski definition) is 3. The zero-order chi connectivity index (χ0) is 14.2. The van der Waals surface area contributed by atoms with E-state index in [1.165, 1.54) is 18.4 Å². The van der Waals surface area contributed by atoms with E-state index in [1.54, 1.807) is 0 Å². The minimum absolute atomic E-state index is 0.560. The van der Waals surface area contributed by atoms with Crippen molar-refractivity contribution in [3.63, 3.8) is 0 Å². The van der Waals surface area contributed by atoms with Crippen LogP contribution in [0.25, 0.3) is 0 Å². The van der Waals surface area contributed by atoms with Gasteiger partial charge in [-0.25, -0.2) is 0 Å². The highest BCUT2D eigenvalue weighted by Crippen LogP contribution is 2.24. The zero-order valence-electron chi connectivity index (χ0n) is 12.1. The third kappa shape index (κ3) is 4.96. The van der Waals surface area contributed by atoms with Gasteiger partial charge >= 0.3 is 0 Å². The van der Waals surface area contributed by atoms with Crippen LogP contribution in [-0.4, -0.2) is 31.6 Å². The first-order valence-corrected chi connectivity index (χ1v) is 8.96. The van der Waals surface area contributed by atoms with Crippen LogP contribution in [0.15, 0.2) is 24.3 Å². The van der Waals surface area contributed by atoms with E-state index in [0.29, 0.717) is 12.0 Å². The van der Waals surface area contributed by atoms with E-state index >= 15 is 0 Å². The SMILES string of the molecule is CCCNC(CSCc1ccccc1Cl)C1CCOC1. The average Bonchev–Trinajstić information content (AvgIpc) is 2.98. The number of rotatable bonds is 8. The van der Waals surface area contributed by atoms with Gasteiger partial charge in [0.2, 0.25) is 0 Å². The Morgan fingerprint density at radius 1 is 1.45 bits per heavy atom. The molecule has 1 aliphatic heterocycles. The van der Waals surface area contributed by atoms with Gasteiger partial charge in [-0.15, -0.1) is 0 Å². The maximum Gasteiger partial charge on any atom is 0.0510 e. The summed E-state index contributed by atoms with van der Waals surface area (Å²) in [5, 5.41) is 4.56. The van der Waals surface area contributed by atoms with Crippen molar-refractivity contribution in [2.75, 3.05) is 25.5 Å². The Labute approximate surface area is 131 Å². The second-order valence-corrected chi connectivity index (χ2v) is 6.73. The molecule has 2 atom stereocenters. The van der Waals surface area contributed by atoms with Gasteiger partial charge in [0.25, 0.3) is 0 Å². The van der Waals surface area contributed by atoms with Gasteiger partial charge < -0.3 is 10.1 Å². The third-order valence-corrected chi connectivity index (χ3v) is 5.18. The number of ether oxygens (including phenoxy) is 1. The van der Waals surface area contributed by atoms with Crippen LogP contribution in [0.2, 0.25) is 5.02 Å². The van der Waals surface area contributed by atoms with Gasteiger partial charge in [-0.3, -0.25) is 0 Å². The molecule has 1 N–H and O–H groups in total. The van der Waals surface area contributed by atoms with Crippen LogP contribution in [0, 0.1) is 5.92 Å². The summed E-state index contributed by atoms with van der Waals surface area (Å²) < 4.78 is 5.53. The molecular formula is C16H24ClNOS. The highest BCUT2D eigenvalue weighted by molar-refractivity contribution is 7.98. The molecule has 1 aliphatic rings. The van der Waals surface area contributed by atoms with Gasteiger partial charge in [-0.05, 0) is 31.0 Å². The average molecular weight is 314 g/mol. The molecular weight excluding hydrogens is 290 g/mol. The second kappa shape index (κ2) is 8.93. The van der Waals surface area contributed by atoms with Crippen molar-refractivity contribution >= 4 is 23.4 Å². The Morgan fingerprint density at radius 3 is 3.00 bits per heavy atom. The summed E-state index contributed by atoms with van der Waals surface area (Å²) in [6.07, 6.45) is 2.37. The molecule has 0 amide bonds. The zero-order valence-corrected chi connectivity index (χ0v) is 13.7. The first-order chi connectivity index (χ1) is 9.81. The maximum absolute atomic E-state index is 6.20. The Balaban J connectivity index is 1.80. The molecule has 1 fully saturated rings. The standard InChI is InChI=1S/C16H24ClNOS/c1-2-8-18-16(13-7-9-19-10-13)12-20-11-14-5-3-4-6-15(14)17/h3-6,13,16,18H,2,7-12H2,1H3. The van der Waals surface area contributed by atoms with E-state index < -0.39 is 0 Å². The van der Waals surface area contributed by atoms with Crippen LogP contribution in [0.1, 0.15) is 25.3 Å². The van der Waals surface area contributed by atoms with Crippen molar-refractivity contribution in [2.45, 2.75) is 31.6 Å². The Kier molecular flexibility index (Phi) is 7.22. The quantitative estimate of drug-likeness (QED) is 0.784. The molecule has 4 heteroatoms. The van der Waals surface area contributed by atoms with Crippen LogP contribution < -0.4 is 5.32 Å². The van der Waals surface area contributed by atoms with Gasteiger partial charge in [0.15, 0.2) is 0 Å². The summed E-state index contributed by atoms with van der Waals surface area (Å²) in [7, 11) is 0. The van der Waals surface area contributed by atoms with Crippen molar-refractivity contribution in [1.82, 2.24) is 5.32 Å². The lowest BCUT2D eigenvalue weighted by molar-refractivity contribution is 0.179. The predicted molar refractivity (Wildman–Crippen MR) is 88.6 cm³/mol. The summed E-state index contributed by atoms with van der Waals surface area (Å²) in [6.45, 7) is 5.14. The van der Waals surface area contributed by atoms with Crippen molar-refractivity contribution in [3.05, 3.63) is 34.9 Å². The molecule has 0 spiro atoms. The molecule has 1 heterocycles. The van der Waals surface area contributed by atoms with E-state index in [4.69, 9.17) is 16.3 Å². The fourth-order valence-electron chi connectivity index (χ4n) is 2.47. The summed E-state index contributed by atoms with van der Waals surface area (Å²) in [4.78, 5) is 0. The minimum Gasteiger partial charge on any atom is -0.381 e. The lowest BCUT2D eigenvalue weighted by Gasteiger charge is -2.23. The molecule has 0 saturated carbocycles. The van der Waals surface area contributed by atoms with Crippen molar-refractivity contribution < 1.29 is 4.74 Å². The summed E-state index contributed by atoms with van der Waals surface area (Å²) in [5.74, 6) is 2.77. The van der Waals surface area contributed by atoms with E-state index in [1.807, 2.05) is 23.9 Å². The Hall–Kier alpha value is -0.220. The summed E-state index contributed by atoms with van der Waals surface area (Å²) >= 11 is 8.16. The van der Waals surface area contributed by atoms with Gasteiger partial charge in [-0.1, -0.05) is 36.7 Å². The molecule has 2 nitrogen and oxygen atoms in total. The molecule has 112 valence electrons. The van der Waals surface area contributed by atoms with Crippen LogP contribution in [0.5, 0.6) is 0 Å². The monoisotopic (exact) mass is 313 g/mol. The van der Waals surface area contributed by atoms with Crippen LogP contribution >= 0.6 is 23.4 Å². The summed E-state index contributed by atoms with van der Waals surface area (Å²) in [5.41, 5.74) is 1.23. The van der Waals surface area contributed by atoms with Gasteiger partial charge in [-0.2, -0.15) is 11.8 Å². The van der Waals surface area contributed by atoms with Crippen LogP contribution in [0.3, 0.4) is 0 Å². The molecule has 2 rings (SSSR count). The highest BCUT2D eigenvalue weighted by Gasteiger charge is 2.25. The number of halogens is 1. The van der Waals surface area contributed by atoms with Crippen molar-refractivity contribution in [2.24, 2.45) is 5.92 Å². The highest BCUT2D eigenvalue weighted by atomic mass is 35.5. The number of benzene rings is 1. The lowest BCUT2D eigenvalue weighted by atomic mass is 10.0. The second-order valence-electron chi connectivity index (χ2n) is 5.29. The van der Waals surface area contributed by atoms with E-state index in [0.717, 1.165) is 36.3 Å². The molecule has 0 radical (unpaired) electrons. The topological polar surface area (TPSA) is 21.3 Å². The fourth-order valence-corrected chi connectivity index (χ4v) is 3.99. The number of thioether (sulfide) groups is 1. The molecule has 0 aromatic heterocycles. The van der Waals surface area contributed by atoms with E-state index in [9.17, 15) is 0 Å². The number of hydrogen-bond donors (Lipinski definition) is 1. The van der Waals surface area contributed by atoms with Gasteiger partial charge in [0, 0.05) is 35.1 Å². The Morgan fingerprint density at radius 2 is 2.30 bits per heavy atom. The third-order valence-electron chi connectivity index (χ3n) is 3.70. The van der Waals surface area contributed by atoms with Crippen molar-refractivity contribution in [1.29, 1.82) is 0 Å². The first-order valence-electron chi connectivity index (χ1n) is 7.43. The first kappa shape index (κ1) is 16.2. The van der Waals surface area contributed by atoms with Gasteiger partial charge in [0.05, 0.1) is 6.61 Å². The molecule has 20 heavy (non-hydrogen) atoms. The normalized spacial score (nSPS) is 20.2. The van der Waals surface area contributed by atoms with E-state index in [-0.39, 0.29) is 0 Å². The molecule has 1 aromatic carbocycles. The molecule has 2 unspecified atom stereocenters. The molecule has 0 bridgehead atoms. The van der Waals surface area contributed by atoms with Crippen LogP contribution in [0.4, 0.5) is 0 Å². The predicted octanol–water partition coefficient (Wildman–Crippen LogP) is 3.98. The van der Waals surface area contributed by atoms with Crippen molar-refractivity contribution in [3.8, 4) is 0 Å². The summed E-state index contributed by atoms with van der Waals surface area (Å²) in [6, 6.07) is 8.68. The van der Waals surface area contributed by atoms with Crippen LogP contribution in [-0.2, 0) is 10.5 Å². The maximum atomic E-state index is 6.20. The van der Waals surface area contributed by atoms with E-state index in [2.05, 4.69) is 24.4 Å². The Bertz CT molecular complexity index is 396. The largest absolute Gasteiger partial charge is 0.381 e. The number of nitrogens with one attached hydrogen (secondary N) is 1. The molecule has 1 saturated heterocycles. The smallest absolute Gasteiger partial charge is 0.0510 e. The lowest BCUT2D eigenvalue weighted by Crippen LogP contribution is -2.39.